The van der Waals surface area contributed by atoms with Crippen molar-refractivity contribution in [3.05, 3.63) is 65.5 Å². The van der Waals surface area contributed by atoms with Gasteiger partial charge in [-0.3, -0.25) is 4.79 Å². The molecule has 27 heavy (non-hydrogen) atoms. The lowest BCUT2D eigenvalue weighted by Gasteiger charge is -2.34. The second kappa shape index (κ2) is 5.38. The number of hydrogen-bond acceptors (Lipinski definition) is 3. The van der Waals surface area contributed by atoms with E-state index in [4.69, 9.17) is 9.97 Å². The second-order valence-corrected chi connectivity index (χ2v) is 8.63. The van der Waals surface area contributed by atoms with Gasteiger partial charge < -0.3 is 5.32 Å². The molecule has 2 aliphatic rings. The number of hydrogen-bond donors (Lipinski definition) is 1. The summed E-state index contributed by atoms with van der Waals surface area (Å²) in [5.41, 5.74) is 5.78. The van der Waals surface area contributed by atoms with Crippen molar-refractivity contribution < 1.29 is 4.79 Å². The van der Waals surface area contributed by atoms with Gasteiger partial charge in [-0.25, -0.2) is 9.97 Å². The van der Waals surface area contributed by atoms with Gasteiger partial charge in [0.25, 0.3) is 5.91 Å². The summed E-state index contributed by atoms with van der Waals surface area (Å²) < 4.78 is 0. The molecule has 1 saturated carbocycles. The maximum absolute atomic E-state index is 12.4. The number of nitrogens with one attached hydrogen (secondary N) is 1. The van der Waals surface area contributed by atoms with Crippen molar-refractivity contribution in [1.29, 1.82) is 0 Å². The zero-order valence-electron chi connectivity index (χ0n) is 15.9. The first-order valence-electron chi connectivity index (χ1n) is 9.59. The highest BCUT2D eigenvalue weighted by Gasteiger charge is 2.61. The third kappa shape index (κ3) is 2.19. The molecule has 4 nitrogen and oxygen atoms in total. The fourth-order valence-electron chi connectivity index (χ4n) is 4.99. The first kappa shape index (κ1) is 16.4. The molecule has 0 aliphatic heterocycles. The zero-order chi connectivity index (χ0) is 18.8. The summed E-state index contributed by atoms with van der Waals surface area (Å²) in [5.74, 6) is 0.355. The highest BCUT2D eigenvalue weighted by Crippen LogP contribution is 2.66. The zero-order valence-corrected chi connectivity index (χ0v) is 15.9. The van der Waals surface area contributed by atoms with Gasteiger partial charge in [0.2, 0.25) is 0 Å². The predicted octanol–water partition coefficient (Wildman–Crippen LogP) is 5.06. The van der Waals surface area contributed by atoms with Crippen molar-refractivity contribution >= 4 is 22.6 Å². The molecule has 0 saturated heterocycles. The first-order chi connectivity index (χ1) is 12.9. The lowest BCUT2D eigenvalue weighted by atomic mass is 9.70. The van der Waals surface area contributed by atoms with E-state index in [1.807, 2.05) is 48.5 Å². The summed E-state index contributed by atoms with van der Waals surface area (Å²) in [6, 6.07) is 15.0. The van der Waals surface area contributed by atoms with Gasteiger partial charge in [-0.05, 0) is 48.6 Å². The Morgan fingerprint density at radius 3 is 2.59 bits per heavy atom. The predicted molar refractivity (Wildman–Crippen MR) is 107 cm³/mol. The Morgan fingerprint density at radius 1 is 1.04 bits per heavy atom. The number of fused-ring (bicyclic) bond motifs is 6. The Hall–Kier alpha value is -2.75. The number of nitrogens with zero attached hydrogens (tertiary/aromatic N) is 2. The molecular weight excluding hydrogens is 334 g/mol. The average Bonchev–Trinajstić information content (AvgIpc) is 2.99. The Kier molecular flexibility index (Phi) is 3.27. The van der Waals surface area contributed by atoms with E-state index in [2.05, 4.69) is 26.1 Å². The van der Waals surface area contributed by atoms with Gasteiger partial charge in [-0.2, -0.15) is 0 Å². The molecule has 1 aromatic heterocycles. The summed E-state index contributed by atoms with van der Waals surface area (Å²) in [5, 5.41) is 2.97. The van der Waals surface area contributed by atoms with E-state index in [0.717, 1.165) is 22.4 Å². The normalized spacial score (nSPS) is 24.8. The van der Waals surface area contributed by atoms with E-state index >= 15 is 0 Å². The molecular formula is C23H23N3O. The summed E-state index contributed by atoms with van der Waals surface area (Å²) in [4.78, 5) is 22.4. The van der Waals surface area contributed by atoms with Crippen LogP contribution >= 0.6 is 0 Å². The van der Waals surface area contributed by atoms with E-state index in [-0.39, 0.29) is 16.7 Å². The van der Waals surface area contributed by atoms with Crippen LogP contribution < -0.4 is 5.32 Å². The monoisotopic (exact) mass is 357 g/mol. The Bertz CT molecular complexity index is 1070. The lowest BCUT2D eigenvalue weighted by molar-refractivity contribution is 0.102. The van der Waals surface area contributed by atoms with Crippen molar-refractivity contribution in [2.45, 2.75) is 44.9 Å². The van der Waals surface area contributed by atoms with Crippen molar-refractivity contribution in [2.75, 3.05) is 5.32 Å². The Labute approximate surface area is 159 Å². The van der Waals surface area contributed by atoms with Crippen LogP contribution in [0.15, 0.2) is 48.5 Å². The molecule has 2 atom stereocenters. The number of aromatic nitrogens is 2. The summed E-state index contributed by atoms with van der Waals surface area (Å²) in [7, 11) is 0. The fraction of sp³-hybridized carbons (Fsp3) is 0.348. The number of anilines is 1. The number of benzene rings is 2. The van der Waals surface area contributed by atoms with Crippen LogP contribution in [0.4, 0.5) is 5.69 Å². The summed E-state index contributed by atoms with van der Waals surface area (Å²) in [6.45, 7) is 7.04. The quantitative estimate of drug-likeness (QED) is 0.698. The van der Waals surface area contributed by atoms with E-state index < -0.39 is 0 Å². The van der Waals surface area contributed by atoms with Crippen molar-refractivity contribution in [2.24, 2.45) is 5.41 Å². The second-order valence-electron chi connectivity index (χ2n) is 8.63. The molecule has 136 valence electrons. The van der Waals surface area contributed by atoms with Crippen molar-refractivity contribution in [1.82, 2.24) is 9.97 Å². The number of rotatable bonds is 2. The minimum absolute atomic E-state index is 0.106. The number of carbonyl (C=O) groups is 1. The summed E-state index contributed by atoms with van der Waals surface area (Å²) in [6.07, 6.45) is 2.37. The van der Waals surface area contributed by atoms with E-state index in [0.29, 0.717) is 11.5 Å². The molecule has 2 bridgehead atoms. The number of amides is 1. The standard InChI is InChI=1S/C23H23N3O/c1-22(2)16-11-12-23(22,3)20-19(16)25-18-13-15(9-10-17(18)26-20)24-21(27)14-7-5-4-6-8-14/h4-10,13,16H,11-12H2,1-3H3,(H,24,27). The molecule has 4 heteroatoms. The largest absolute Gasteiger partial charge is 0.322 e. The highest BCUT2D eigenvalue weighted by atomic mass is 16.1. The van der Waals surface area contributed by atoms with Gasteiger partial charge in [0.05, 0.1) is 22.4 Å². The van der Waals surface area contributed by atoms with E-state index in [9.17, 15) is 4.79 Å². The minimum Gasteiger partial charge on any atom is -0.322 e. The van der Waals surface area contributed by atoms with Crippen molar-refractivity contribution in [3.8, 4) is 0 Å². The molecule has 1 heterocycles. The molecule has 0 spiro atoms. The fourth-order valence-corrected chi connectivity index (χ4v) is 4.99. The molecule has 2 aliphatic carbocycles. The molecule has 1 amide bonds. The third-order valence-corrected chi connectivity index (χ3v) is 7.06. The molecule has 5 rings (SSSR count). The first-order valence-corrected chi connectivity index (χ1v) is 9.59. The van der Waals surface area contributed by atoms with Crippen molar-refractivity contribution in [3.63, 3.8) is 0 Å². The molecule has 2 unspecified atom stereocenters. The van der Waals surface area contributed by atoms with E-state index in [1.165, 1.54) is 18.5 Å². The highest BCUT2D eigenvalue weighted by molar-refractivity contribution is 6.04. The smallest absolute Gasteiger partial charge is 0.255 e. The minimum atomic E-state index is -0.114. The average molecular weight is 357 g/mol. The van der Waals surface area contributed by atoms with Gasteiger partial charge >= 0.3 is 0 Å². The molecule has 1 N–H and O–H groups in total. The van der Waals surface area contributed by atoms with Crippen LogP contribution in [0.3, 0.4) is 0 Å². The lowest BCUT2D eigenvalue weighted by Crippen LogP contribution is -2.31. The third-order valence-electron chi connectivity index (χ3n) is 7.06. The molecule has 1 fully saturated rings. The molecule has 0 radical (unpaired) electrons. The Balaban J connectivity index is 1.53. The number of carbonyl (C=O) groups excluding carboxylic acids is 1. The van der Waals surface area contributed by atoms with Crippen LogP contribution in [-0.2, 0) is 5.41 Å². The SMILES string of the molecule is CC12CCC(c3nc4cc(NC(=O)c5ccccc5)ccc4nc31)C2(C)C. The van der Waals surface area contributed by atoms with Crippen LogP contribution in [0.25, 0.3) is 11.0 Å². The van der Waals surface area contributed by atoms with Gasteiger partial charge in [-0.1, -0.05) is 39.0 Å². The molecule has 3 aromatic rings. The van der Waals surface area contributed by atoms with Gasteiger partial charge in [0.15, 0.2) is 0 Å². The Morgan fingerprint density at radius 2 is 1.81 bits per heavy atom. The van der Waals surface area contributed by atoms with Crippen LogP contribution in [0, 0.1) is 5.41 Å². The maximum Gasteiger partial charge on any atom is 0.255 e. The summed E-state index contributed by atoms with van der Waals surface area (Å²) >= 11 is 0. The van der Waals surface area contributed by atoms with Crippen LogP contribution in [0.1, 0.15) is 61.3 Å². The van der Waals surface area contributed by atoms with E-state index in [1.54, 1.807) is 0 Å². The van der Waals surface area contributed by atoms with Crippen LogP contribution in [0.2, 0.25) is 0 Å². The molecule has 2 aromatic carbocycles. The van der Waals surface area contributed by atoms with Crippen LogP contribution in [0.5, 0.6) is 0 Å². The van der Waals surface area contributed by atoms with Gasteiger partial charge in [0, 0.05) is 22.6 Å². The van der Waals surface area contributed by atoms with Gasteiger partial charge in [0.1, 0.15) is 0 Å². The van der Waals surface area contributed by atoms with Gasteiger partial charge in [-0.15, -0.1) is 0 Å². The maximum atomic E-state index is 12.4. The topological polar surface area (TPSA) is 54.9 Å². The van der Waals surface area contributed by atoms with Crippen LogP contribution in [-0.4, -0.2) is 15.9 Å².